The summed E-state index contributed by atoms with van der Waals surface area (Å²) in [5.41, 5.74) is 0.210. The van der Waals surface area contributed by atoms with Crippen LogP contribution in [0.5, 0.6) is 17.6 Å². The number of hydrogen-bond acceptors (Lipinski definition) is 11. The predicted molar refractivity (Wildman–Crippen MR) is 201 cm³/mol. The van der Waals surface area contributed by atoms with E-state index in [1.807, 2.05) is 20.8 Å². The number of carbonyl (C=O) groups excluding carboxylic acids is 1. The van der Waals surface area contributed by atoms with Gasteiger partial charge in [0, 0.05) is 50.9 Å². The van der Waals surface area contributed by atoms with Crippen LogP contribution in [0.25, 0.3) is 32.9 Å². The Kier molecular flexibility index (Phi) is 9.62. The number of nitrogens with one attached hydrogen (secondary N) is 1. The number of phenolic OH excluding ortho intramolecular Hbond substituents is 1. The van der Waals surface area contributed by atoms with Crippen molar-refractivity contribution in [2.24, 2.45) is 0 Å². The number of phenols is 1. The maximum Gasteiger partial charge on any atom is 0.409 e. The number of aromatic nitrogens is 3. The van der Waals surface area contributed by atoms with Gasteiger partial charge < -0.3 is 34.4 Å². The van der Waals surface area contributed by atoms with Crippen molar-refractivity contribution in [1.82, 2.24) is 30.1 Å². The zero-order chi connectivity index (χ0) is 37.9. The lowest BCUT2D eigenvalue weighted by molar-refractivity contribution is 0.0484. The van der Waals surface area contributed by atoms with Crippen LogP contribution >= 0.6 is 0 Å². The van der Waals surface area contributed by atoms with Crippen molar-refractivity contribution >= 4 is 33.6 Å². The first-order valence-electron chi connectivity index (χ1n) is 19.2. The maximum absolute atomic E-state index is 17.5. The summed E-state index contributed by atoms with van der Waals surface area (Å²) >= 11 is 0. The first-order valence-corrected chi connectivity index (χ1v) is 19.2. The van der Waals surface area contributed by atoms with Crippen LogP contribution in [0.15, 0.2) is 24.3 Å². The summed E-state index contributed by atoms with van der Waals surface area (Å²) in [5.74, 6) is -0.620. The molecule has 0 aliphatic carbocycles. The molecule has 1 amide bonds. The SMILES string of the molecule is CCc1c(F)ccc2cc(O)cc(-c3nc(OC(C)C)c4c(N5CC6CCC(C5)N6)nc(OC[C@]56CCCN5[C@H](COC(=O)N(C)C)CC6)nc4c3F)c12. The zero-order valence-electron chi connectivity index (χ0n) is 31.6. The van der Waals surface area contributed by atoms with Crippen molar-refractivity contribution in [1.29, 1.82) is 0 Å². The van der Waals surface area contributed by atoms with Crippen molar-refractivity contribution in [2.75, 3.05) is 51.8 Å². The molecule has 4 atom stereocenters. The van der Waals surface area contributed by atoms with Gasteiger partial charge in [-0.1, -0.05) is 13.0 Å². The number of hydrogen-bond donors (Lipinski definition) is 2. The van der Waals surface area contributed by atoms with Crippen LogP contribution in [-0.4, -0.2) is 113 Å². The van der Waals surface area contributed by atoms with Gasteiger partial charge >= 0.3 is 12.1 Å². The van der Waals surface area contributed by atoms with Gasteiger partial charge in [0.25, 0.3) is 0 Å². The largest absolute Gasteiger partial charge is 0.508 e. The van der Waals surface area contributed by atoms with E-state index in [1.165, 1.54) is 17.0 Å². The third-order valence-corrected chi connectivity index (χ3v) is 11.6. The molecule has 0 spiro atoms. The van der Waals surface area contributed by atoms with E-state index in [4.69, 9.17) is 29.2 Å². The number of amides is 1. The average Bonchev–Trinajstić information content (AvgIpc) is 3.82. The van der Waals surface area contributed by atoms with E-state index in [-0.39, 0.29) is 76.9 Å². The number of carbonyl (C=O) groups is 1. The van der Waals surface area contributed by atoms with E-state index in [9.17, 15) is 9.90 Å². The Morgan fingerprint density at radius 3 is 2.57 bits per heavy atom. The highest BCUT2D eigenvalue weighted by atomic mass is 19.1. The molecule has 2 aromatic heterocycles. The van der Waals surface area contributed by atoms with Gasteiger partial charge in [-0.3, -0.25) is 4.90 Å². The molecular formula is C40H49F2N7O5. The molecule has 0 saturated carbocycles. The monoisotopic (exact) mass is 745 g/mol. The second-order valence-corrected chi connectivity index (χ2v) is 15.8. The fourth-order valence-electron chi connectivity index (χ4n) is 9.17. The van der Waals surface area contributed by atoms with Gasteiger partial charge in [0.2, 0.25) is 5.88 Å². The summed E-state index contributed by atoms with van der Waals surface area (Å²) in [6, 6.07) is 6.53. The van der Waals surface area contributed by atoms with Gasteiger partial charge in [-0.25, -0.2) is 18.6 Å². The summed E-state index contributed by atoms with van der Waals surface area (Å²) in [6.45, 7) is 8.35. The smallest absolute Gasteiger partial charge is 0.409 e. The molecule has 2 unspecified atom stereocenters. The Bertz CT molecular complexity index is 2090. The van der Waals surface area contributed by atoms with Crippen molar-refractivity contribution < 1.29 is 32.9 Å². The maximum atomic E-state index is 17.5. The minimum Gasteiger partial charge on any atom is -0.508 e. The van der Waals surface area contributed by atoms with Crippen LogP contribution < -0.4 is 19.7 Å². The number of anilines is 1. The van der Waals surface area contributed by atoms with Gasteiger partial charge in [0.15, 0.2) is 5.82 Å². The van der Waals surface area contributed by atoms with Crippen LogP contribution in [0, 0.1) is 11.6 Å². The summed E-state index contributed by atoms with van der Waals surface area (Å²) in [7, 11) is 3.34. The summed E-state index contributed by atoms with van der Waals surface area (Å²) in [4.78, 5) is 32.8. The number of piperazine rings is 1. The molecule has 4 saturated heterocycles. The fraction of sp³-hybridized carbons (Fsp3) is 0.550. The number of aromatic hydroxyl groups is 1. The van der Waals surface area contributed by atoms with E-state index in [1.54, 1.807) is 26.2 Å². The lowest BCUT2D eigenvalue weighted by Crippen LogP contribution is -2.51. The van der Waals surface area contributed by atoms with E-state index in [2.05, 4.69) is 15.1 Å². The Morgan fingerprint density at radius 2 is 1.85 bits per heavy atom. The minimum absolute atomic E-state index is 0.0202. The van der Waals surface area contributed by atoms with E-state index >= 15 is 8.78 Å². The molecule has 2 N–H and O–H groups in total. The lowest BCUT2D eigenvalue weighted by atomic mass is 9.94. The normalized spacial score (nSPS) is 23.8. The molecule has 4 aliphatic heterocycles. The standard InChI is InChI=1S/C40H49F2N7O5/c1-6-28-30(41)11-8-23-16-27(50)17-29(31(23)28)34-33(42)35-32(37(44-34)54-22(2)3)36(48-18-24-9-10-25(19-48)43-24)46-38(45-35)53-21-40-13-7-15-49(40)26(12-14-40)20-52-39(51)47(4)5/h8,11,16-17,22,24-26,43,50H,6-7,9-10,12-15,18-21H2,1-5H3/t24?,25?,26-,40+/m0/s1. The summed E-state index contributed by atoms with van der Waals surface area (Å²) < 4.78 is 51.2. The third-order valence-electron chi connectivity index (χ3n) is 11.6. The van der Waals surface area contributed by atoms with E-state index in [0.29, 0.717) is 53.7 Å². The Labute approximate surface area is 313 Å². The molecule has 4 aliphatic rings. The van der Waals surface area contributed by atoms with Crippen molar-refractivity contribution in [3.8, 4) is 28.9 Å². The highest BCUT2D eigenvalue weighted by molar-refractivity contribution is 6.03. The second kappa shape index (κ2) is 14.3. The Hall–Kier alpha value is -4.56. The van der Waals surface area contributed by atoms with Gasteiger partial charge in [0.1, 0.15) is 47.2 Å². The molecule has 4 fully saturated rings. The second-order valence-electron chi connectivity index (χ2n) is 15.8. The highest BCUT2D eigenvalue weighted by Gasteiger charge is 2.50. The zero-order valence-corrected chi connectivity index (χ0v) is 31.6. The van der Waals surface area contributed by atoms with E-state index < -0.39 is 11.6 Å². The summed E-state index contributed by atoms with van der Waals surface area (Å²) in [6.07, 6.45) is 5.31. The third kappa shape index (κ3) is 6.50. The quantitative estimate of drug-likeness (QED) is 0.193. The fourth-order valence-corrected chi connectivity index (χ4v) is 9.17. The predicted octanol–water partition coefficient (Wildman–Crippen LogP) is 6.19. The molecule has 14 heteroatoms. The number of benzene rings is 2. The number of nitrogens with zero attached hydrogens (tertiary/aromatic N) is 6. The highest BCUT2D eigenvalue weighted by Crippen LogP contribution is 2.45. The molecule has 288 valence electrons. The molecular weight excluding hydrogens is 696 g/mol. The topological polar surface area (TPSA) is 125 Å². The number of rotatable bonds is 10. The molecule has 6 heterocycles. The lowest BCUT2D eigenvalue weighted by Gasteiger charge is -2.35. The molecule has 0 radical (unpaired) electrons. The van der Waals surface area contributed by atoms with Crippen LogP contribution in [0.2, 0.25) is 0 Å². The molecule has 54 heavy (non-hydrogen) atoms. The van der Waals surface area contributed by atoms with Crippen LogP contribution in [0.1, 0.15) is 64.9 Å². The summed E-state index contributed by atoms with van der Waals surface area (Å²) in [5, 5.41) is 15.9. The number of aryl methyl sites for hydroxylation is 1. The van der Waals surface area contributed by atoms with Gasteiger partial charge in [0.05, 0.1) is 11.6 Å². The molecule has 4 aromatic rings. The molecule has 12 nitrogen and oxygen atoms in total. The Balaban J connectivity index is 1.25. The number of halogens is 2. The van der Waals surface area contributed by atoms with E-state index in [0.717, 1.165) is 45.1 Å². The molecule has 8 rings (SSSR count). The van der Waals surface area contributed by atoms with Gasteiger partial charge in [-0.15, -0.1) is 0 Å². The van der Waals surface area contributed by atoms with Crippen molar-refractivity contribution in [2.45, 2.75) is 95.5 Å². The number of fused-ring (bicyclic) bond motifs is 5. The van der Waals surface area contributed by atoms with Crippen LogP contribution in [-0.2, 0) is 11.2 Å². The van der Waals surface area contributed by atoms with Crippen LogP contribution in [0.4, 0.5) is 19.4 Å². The first-order chi connectivity index (χ1) is 25.9. The van der Waals surface area contributed by atoms with Gasteiger partial charge in [-0.05, 0) is 99.9 Å². The number of ether oxygens (including phenoxy) is 3. The Morgan fingerprint density at radius 1 is 1.07 bits per heavy atom. The first kappa shape index (κ1) is 36.4. The molecule has 2 bridgehead atoms. The van der Waals surface area contributed by atoms with Gasteiger partial charge in [-0.2, -0.15) is 9.97 Å². The minimum atomic E-state index is -0.741. The molecule has 2 aromatic carbocycles. The van der Waals surface area contributed by atoms with Crippen molar-refractivity contribution in [3.05, 3.63) is 41.5 Å². The van der Waals surface area contributed by atoms with Crippen LogP contribution in [0.3, 0.4) is 0 Å². The number of pyridine rings is 1. The van der Waals surface area contributed by atoms with Crippen molar-refractivity contribution in [3.63, 3.8) is 0 Å². The average molecular weight is 746 g/mol.